The van der Waals surface area contributed by atoms with Gasteiger partial charge >= 0.3 is 5.97 Å². The molecule has 1 aromatic carbocycles. The van der Waals surface area contributed by atoms with E-state index in [1.165, 1.54) is 10.1 Å². The highest BCUT2D eigenvalue weighted by Crippen LogP contribution is 2.31. The second-order valence-electron chi connectivity index (χ2n) is 6.09. The highest BCUT2D eigenvalue weighted by atomic mass is 79.9. The van der Waals surface area contributed by atoms with Crippen molar-refractivity contribution in [2.24, 2.45) is 0 Å². The molecule has 4 nitrogen and oxygen atoms in total. The van der Waals surface area contributed by atoms with Crippen LogP contribution in [0.25, 0.3) is 10.1 Å². The van der Waals surface area contributed by atoms with Crippen LogP contribution in [0.4, 0.5) is 0 Å². The van der Waals surface area contributed by atoms with Gasteiger partial charge in [-0.05, 0) is 53.0 Å². The number of halogens is 1. The Labute approximate surface area is 177 Å². The van der Waals surface area contributed by atoms with Gasteiger partial charge in [-0.15, -0.1) is 17.3 Å². The van der Waals surface area contributed by atoms with Gasteiger partial charge in [0.15, 0.2) is 0 Å². The van der Waals surface area contributed by atoms with E-state index in [1.54, 1.807) is 31.4 Å². The number of aromatic nitrogens is 1. The first kappa shape index (κ1) is 20.4. The van der Waals surface area contributed by atoms with Crippen LogP contribution in [0.15, 0.2) is 46.4 Å². The molecule has 144 valence electrons. The third-order valence-corrected chi connectivity index (χ3v) is 6.06. The molecule has 0 aliphatic heterocycles. The Bertz CT molecular complexity index is 1020. The fourth-order valence-corrected chi connectivity index (χ4v) is 4.33. The summed E-state index contributed by atoms with van der Waals surface area (Å²) < 4.78 is 13.2. The van der Waals surface area contributed by atoms with Crippen molar-refractivity contribution in [1.29, 1.82) is 0 Å². The summed E-state index contributed by atoms with van der Waals surface area (Å²) in [6.07, 6.45) is 1.92. The van der Waals surface area contributed by atoms with E-state index in [2.05, 4.69) is 56.3 Å². The van der Waals surface area contributed by atoms with Crippen molar-refractivity contribution in [1.82, 2.24) is 4.98 Å². The van der Waals surface area contributed by atoms with E-state index >= 15 is 0 Å². The fraction of sp³-hybridized carbons (Fsp3) is 0.273. The molecule has 0 saturated heterocycles. The van der Waals surface area contributed by atoms with E-state index in [1.807, 2.05) is 12.1 Å². The average Bonchev–Trinajstić information content (AvgIpc) is 3.07. The van der Waals surface area contributed by atoms with Gasteiger partial charge in [0.1, 0.15) is 6.61 Å². The number of hydrogen-bond donors (Lipinski definition) is 0. The number of thiophene rings is 1. The minimum Gasteiger partial charge on any atom is -0.473 e. The fourth-order valence-electron chi connectivity index (χ4n) is 2.79. The Kier molecular flexibility index (Phi) is 7.07. The maximum absolute atomic E-state index is 11.8. The first-order valence-electron chi connectivity index (χ1n) is 8.93. The van der Waals surface area contributed by atoms with Crippen molar-refractivity contribution in [3.05, 3.63) is 57.5 Å². The summed E-state index contributed by atoms with van der Waals surface area (Å²) in [5.74, 6) is 5.97. The molecule has 0 fully saturated rings. The first-order chi connectivity index (χ1) is 13.6. The summed E-state index contributed by atoms with van der Waals surface area (Å²) in [5, 5.41) is 3.27. The molecule has 1 unspecified atom stereocenters. The number of fused-ring (bicyclic) bond motifs is 1. The van der Waals surface area contributed by atoms with Gasteiger partial charge in [-0.25, -0.2) is 4.98 Å². The molecule has 6 heteroatoms. The van der Waals surface area contributed by atoms with Gasteiger partial charge in [-0.1, -0.05) is 18.1 Å². The molecule has 0 radical (unpaired) electrons. The van der Waals surface area contributed by atoms with E-state index in [0.717, 1.165) is 15.6 Å². The predicted octanol–water partition coefficient (Wildman–Crippen LogP) is 5.70. The molecule has 0 bridgehead atoms. The van der Waals surface area contributed by atoms with Gasteiger partial charge in [0.25, 0.3) is 0 Å². The lowest BCUT2D eigenvalue weighted by Crippen LogP contribution is -2.10. The third-order valence-electron chi connectivity index (χ3n) is 4.13. The van der Waals surface area contributed by atoms with Crippen LogP contribution in [0, 0.1) is 11.8 Å². The molecule has 0 saturated carbocycles. The second kappa shape index (κ2) is 9.72. The number of hydrogen-bond acceptors (Lipinski definition) is 5. The van der Waals surface area contributed by atoms with Crippen LogP contribution in [-0.4, -0.2) is 17.6 Å². The van der Waals surface area contributed by atoms with Crippen molar-refractivity contribution in [2.45, 2.75) is 32.8 Å². The Hall–Kier alpha value is -2.36. The lowest BCUT2D eigenvalue weighted by atomic mass is 9.98. The molecular weight excluding hydrogens is 438 g/mol. The maximum atomic E-state index is 11.8. The molecule has 28 heavy (non-hydrogen) atoms. The van der Waals surface area contributed by atoms with E-state index < -0.39 is 0 Å². The van der Waals surface area contributed by atoms with Crippen molar-refractivity contribution < 1.29 is 14.3 Å². The minimum absolute atomic E-state index is 0.214. The number of ether oxygens (including phenoxy) is 2. The van der Waals surface area contributed by atoms with Crippen LogP contribution >= 0.6 is 27.3 Å². The standard InChI is InChI=1S/C22H20BrNO3S/c1-3-5-16(11-22(25)26-4-2)17-7-9-21(24-12-17)27-13-15-6-8-20-18(10-15)19(23)14-28-20/h6-10,12,14,16H,4,11,13H2,1-2H3. The van der Waals surface area contributed by atoms with E-state index in [-0.39, 0.29) is 18.3 Å². The third kappa shape index (κ3) is 5.12. The molecule has 2 aromatic heterocycles. The monoisotopic (exact) mass is 457 g/mol. The Morgan fingerprint density at radius 1 is 1.32 bits per heavy atom. The molecule has 3 rings (SSSR count). The van der Waals surface area contributed by atoms with Crippen LogP contribution in [-0.2, 0) is 16.1 Å². The van der Waals surface area contributed by atoms with Crippen molar-refractivity contribution in [3.63, 3.8) is 0 Å². The minimum atomic E-state index is -0.259. The Morgan fingerprint density at radius 3 is 2.89 bits per heavy atom. The SMILES string of the molecule is CC#CC(CC(=O)OCC)c1ccc(OCc2ccc3scc(Br)c3c2)nc1. The Balaban J connectivity index is 1.65. The number of pyridine rings is 1. The molecular formula is C22H20BrNO3S. The number of benzene rings is 1. The van der Waals surface area contributed by atoms with Gasteiger partial charge < -0.3 is 9.47 Å². The van der Waals surface area contributed by atoms with Gasteiger partial charge in [-0.3, -0.25) is 4.79 Å². The van der Waals surface area contributed by atoms with Gasteiger partial charge in [0.05, 0.1) is 18.9 Å². The largest absolute Gasteiger partial charge is 0.473 e. The van der Waals surface area contributed by atoms with Gasteiger partial charge in [0, 0.05) is 32.2 Å². The first-order valence-corrected chi connectivity index (χ1v) is 10.6. The van der Waals surface area contributed by atoms with Gasteiger partial charge in [-0.2, -0.15) is 0 Å². The molecule has 0 aliphatic carbocycles. The molecule has 0 aliphatic rings. The number of carbonyl (C=O) groups excluding carboxylic acids is 1. The molecule has 3 aromatic rings. The lowest BCUT2D eigenvalue weighted by molar-refractivity contribution is -0.143. The normalized spacial score (nSPS) is 11.5. The second-order valence-corrected chi connectivity index (χ2v) is 7.85. The van der Waals surface area contributed by atoms with Crippen LogP contribution in [0.5, 0.6) is 5.88 Å². The predicted molar refractivity (Wildman–Crippen MR) is 116 cm³/mol. The number of carbonyl (C=O) groups is 1. The Morgan fingerprint density at radius 2 is 2.18 bits per heavy atom. The average molecular weight is 458 g/mol. The lowest BCUT2D eigenvalue weighted by Gasteiger charge is -2.11. The highest BCUT2D eigenvalue weighted by Gasteiger charge is 2.15. The summed E-state index contributed by atoms with van der Waals surface area (Å²) >= 11 is 5.28. The number of esters is 1. The summed E-state index contributed by atoms with van der Waals surface area (Å²) in [6, 6.07) is 9.99. The van der Waals surface area contributed by atoms with Crippen molar-refractivity contribution in [3.8, 4) is 17.7 Å². The summed E-state index contributed by atoms with van der Waals surface area (Å²) in [6.45, 7) is 4.35. The van der Waals surface area contributed by atoms with Crippen LogP contribution < -0.4 is 4.74 Å². The quantitative estimate of drug-likeness (QED) is 0.337. The number of nitrogens with zero attached hydrogens (tertiary/aromatic N) is 1. The molecule has 0 amide bonds. The molecule has 0 spiro atoms. The van der Waals surface area contributed by atoms with Crippen molar-refractivity contribution >= 4 is 43.3 Å². The molecule has 1 atom stereocenters. The maximum Gasteiger partial charge on any atom is 0.307 e. The van der Waals surface area contributed by atoms with Crippen molar-refractivity contribution in [2.75, 3.05) is 6.61 Å². The highest BCUT2D eigenvalue weighted by molar-refractivity contribution is 9.10. The van der Waals surface area contributed by atoms with E-state index in [0.29, 0.717) is 19.1 Å². The zero-order chi connectivity index (χ0) is 19.9. The summed E-state index contributed by atoms with van der Waals surface area (Å²) in [5.41, 5.74) is 1.95. The van der Waals surface area contributed by atoms with Crippen LogP contribution in [0.2, 0.25) is 0 Å². The van der Waals surface area contributed by atoms with Crippen LogP contribution in [0.1, 0.15) is 37.3 Å². The zero-order valence-corrected chi connectivity index (χ0v) is 18.1. The topological polar surface area (TPSA) is 48.4 Å². The van der Waals surface area contributed by atoms with E-state index in [4.69, 9.17) is 9.47 Å². The van der Waals surface area contributed by atoms with Gasteiger partial charge in [0.2, 0.25) is 5.88 Å². The van der Waals surface area contributed by atoms with E-state index in [9.17, 15) is 4.79 Å². The molecule has 2 heterocycles. The summed E-state index contributed by atoms with van der Waals surface area (Å²) in [7, 11) is 0. The smallest absolute Gasteiger partial charge is 0.307 e. The van der Waals surface area contributed by atoms with Crippen LogP contribution in [0.3, 0.4) is 0 Å². The molecule has 0 N–H and O–H groups in total. The zero-order valence-electron chi connectivity index (χ0n) is 15.7. The number of rotatable bonds is 7. The summed E-state index contributed by atoms with van der Waals surface area (Å²) in [4.78, 5) is 16.2.